The van der Waals surface area contributed by atoms with Crippen LogP contribution in [0.3, 0.4) is 0 Å². The number of rotatable bonds is 6. The molecule has 6 nitrogen and oxygen atoms in total. The summed E-state index contributed by atoms with van der Waals surface area (Å²) in [6, 6.07) is 12.2. The predicted octanol–water partition coefficient (Wildman–Crippen LogP) is 3.27. The van der Waals surface area contributed by atoms with E-state index < -0.39 is 16.1 Å². The summed E-state index contributed by atoms with van der Waals surface area (Å²) in [6.45, 7) is 0.350. The number of amides is 1. The zero-order chi connectivity index (χ0) is 20.3. The van der Waals surface area contributed by atoms with Crippen molar-refractivity contribution in [3.8, 4) is 5.75 Å². The first-order valence-electron chi connectivity index (χ1n) is 8.70. The molecule has 0 saturated heterocycles. The summed E-state index contributed by atoms with van der Waals surface area (Å²) in [4.78, 5) is 12.5. The van der Waals surface area contributed by atoms with Crippen LogP contribution >= 0.6 is 23.2 Å². The Hall–Kier alpha value is -1.96. The van der Waals surface area contributed by atoms with Gasteiger partial charge in [-0.05, 0) is 48.7 Å². The Bertz CT molecular complexity index is 964. The van der Waals surface area contributed by atoms with Gasteiger partial charge in [-0.1, -0.05) is 35.3 Å². The fraction of sp³-hybridized carbons (Fsp3) is 0.316. The smallest absolute Gasteiger partial charge is 0.263 e. The maximum atomic E-state index is 12.5. The van der Waals surface area contributed by atoms with Gasteiger partial charge in [-0.25, -0.2) is 8.42 Å². The molecule has 1 aliphatic rings. The van der Waals surface area contributed by atoms with Crippen LogP contribution in [-0.4, -0.2) is 39.8 Å². The number of aryl methyl sites for hydroxylation is 1. The van der Waals surface area contributed by atoms with E-state index in [1.165, 1.54) is 6.07 Å². The Morgan fingerprint density at radius 3 is 2.54 bits per heavy atom. The van der Waals surface area contributed by atoms with E-state index in [0.717, 1.165) is 29.0 Å². The molecule has 1 N–H and O–H groups in total. The average molecular weight is 443 g/mol. The van der Waals surface area contributed by atoms with Crippen LogP contribution in [0.25, 0.3) is 0 Å². The van der Waals surface area contributed by atoms with Crippen molar-refractivity contribution in [2.24, 2.45) is 0 Å². The first-order valence-corrected chi connectivity index (χ1v) is 11.3. The van der Waals surface area contributed by atoms with Crippen molar-refractivity contribution >= 4 is 44.8 Å². The number of hydrogen-bond acceptors (Lipinski definition) is 4. The highest BCUT2D eigenvalue weighted by atomic mass is 35.5. The van der Waals surface area contributed by atoms with Crippen LogP contribution in [0.15, 0.2) is 42.5 Å². The highest BCUT2D eigenvalue weighted by Crippen LogP contribution is 2.37. The number of benzene rings is 2. The minimum atomic E-state index is -3.58. The van der Waals surface area contributed by atoms with E-state index in [2.05, 4.69) is 5.32 Å². The quantitative estimate of drug-likeness (QED) is 0.696. The van der Waals surface area contributed by atoms with Gasteiger partial charge in [-0.15, -0.1) is 0 Å². The third-order valence-electron chi connectivity index (χ3n) is 4.34. The van der Waals surface area contributed by atoms with Gasteiger partial charge in [-0.2, -0.15) is 0 Å². The summed E-state index contributed by atoms with van der Waals surface area (Å²) in [5, 5.41) is 3.88. The first-order chi connectivity index (χ1) is 13.2. The second-order valence-corrected chi connectivity index (χ2v) is 9.31. The standard InChI is InChI=1S/C19H20Cl2N2O4S/c1-28(25,26)23-12-18(27-17-9-8-15(21)11-16(17)23)19(24)22-10-2-3-13-4-6-14(20)7-5-13/h4-9,11,18H,2-3,10,12H2,1H3,(H,22,24)/t18-/m1/s1. The van der Waals surface area contributed by atoms with E-state index in [9.17, 15) is 13.2 Å². The molecular weight excluding hydrogens is 423 g/mol. The molecule has 2 aromatic carbocycles. The molecule has 0 aromatic heterocycles. The predicted molar refractivity (Wildman–Crippen MR) is 111 cm³/mol. The zero-order valence-corrected chi connectivity index (χ0v) is 17.5. The lowest BCUT2D eigenvalue weighted by Crippen LogP contribution is -2.50. The monoisotopic (exact) mass is 442 g/mol. The summed E-state index contributed by atoms with van der Waals surface area (Å²) in [7, 11) is -3.58. The minimum Gasteiger partial charge on any atom is -0.476 e. The lowest BCUT2D eigenvalue weighted by atomic mass is 10.1. The normalized spacial score (nSPS) is 16.2. The molecule has 1 atom stereocenters. The zero-order valence-electron chi connectivity index (χ0n) is 15.2. The van der Waals surface area contributed by atoms with E-state index in [1.807, 2.05) is 24.3 Å². The second-order valence-electron chi connectivity index (χ2n) is 6.53. The van der Waals surface area contributed by atoms with E-state index in [-0.39, 0.29) is 12.5 Å². The molecule has 3 rings (SSSR count). The maximum Gasteiger partial charge on any atom is 0.263 e. The van der Waals surface area contributed by atoms with Crippen LogP contribution in [-0.2, 0) is 21.2 Å². The Kier molecular flexibility index (Phi) is 6.37. The van der Waals surface area contributed by atoms with Gasteiger partial charge in [0.05, 0.1) is 18.5 Å². The third kappa shape index (κ3) is 5.10. The van der Waals surface area contributed by atoms with Crippen molar-refractivity contribution in [2.75, 3.05) is 23.7 Å². The van der Waals surface area contributed by atoms with E-state index in [0.29, 0.717) is 28.0 Å². The molecular formula is C19H20Cl2N2O4S. The number of carbonyl (C=O) groups is 1. The molecule has 2 aromatic rings. The van der Waals surface area contributed by atoms with Gasteiger partial charge in [0, 0.05) is 16.6 Å². The topological polar surface area (TPSA) is 75.7 Å². The number of halogens is 2. The molecule has 150 valence electrons. The number of carbonyl (C=O) groups excluding carboxylic acids is 1. The molecule has 28 heavy (non-hydrogen) atoms. The lowest BCUT2D eigenvalue weighted by Gasteiger charge is -2.34. The summed E-state index contributed by atoms with van der Waals surface area (Å²) >= 11 is 11.8. The number of fused-ring (bicyclic) bond motifs is 1. The lowest BCUT2D eigenvalue weighted by molar-refractivity contribution is -0.127. The van der Waals surface area contributed by atoms with Crippen LogP contribution in [0.4, 0.5) is 5.69 Å². The van der Waals surface area contributed by atoms with Gasteiger partial charge in [-0.3, -0.25) is 9.10 Å². The molecule has 0 radical (unpaired) electrons. The molecule has 1 heterocycles. The van der Waals surface area contributed by atoms with Gasteiger partial charge in [0.25, 0.3) is 5.91 Å². The van der Waals surface area contributed by atoms with Crippen molar-refractivity contribution in [3.05, 3.63) is 58.1 Å². The summed E-state index contributed by atoms with van der Waals surface area (Å²) in [6.07, 6.45) is 1.69. The molecule has 0 bridgehead atoms. The number of anilines is 1. The van der Waals surface area contributed by atoms with E-state index in [4.69, 9.17) is 27.9 Å². The average Bonchev–Trinajstić information content (AvgIpc) is 2.64. The van der Waals surface area contributed by atoms with Gasteiger partial charge in [0.1, 0.15) is 5.75 Å². The van der Waals surface area contributed by atoms with Crippen LogP contribution < -0.4 is 14.4 Å². The van der Waals surface area contributed by atoms with Crippen LogP contribution in [0.1, 0.15) is 12.0 Å². The van der Waals surface area contributed by atoms with Gasteiger partial charge >= 0.3 is 0 Å². The maximum absolute atomic E-state index is 12.5. The molecule has 9 heteroatoms. The number of nitrogens with one attached hydrogen (secondary N) is 1. The van der Waals surface area contributed by atoms with Crippen molar-refractivity contribution in [2.45, 2.75) is 18.9 Å². The van der Waals surface area contributed by atoms with Crippen LogP contribution in [0.2, 0.25) is 10.0 Å². The molecule has 0 saturated carbocycles. The number of ether oxygens (including phenoxy) is 1. The molecule has 1 amide bonds. The summed E-state index contributed by atoms with van der Waals surface area (Å²) in [5.41, 5.74) is 1.46. The molecule has 0 fully saturated rings. The Morgan fingerprint density at radius 1 is 1.18 bits per heavy atom. The molecule has 1 aliphatic heterocycles. The molecule has 0 aliphatic carbocycles. The summed E-state index contributed by atoms with van der Waals surface area (Å²) in [5.74, 6) is -0.0484. The fourth-order valence-corrected chi connectivity index (χ4v) is 4.14. The SMILES string of the molecule is CS(=O)(=O)N1C[C@H](C(=O)NCCCc2ccc(Cl)cc2)Oc2ccc(Cl)cc21. The summed E-state index contributed by atoms with van der Waals surface area (Å²) < 4.78 is 31.2. The number of sulfonamides is 1. The third-order valence-corrected chi connectivity index (χ3v) is 5.97. The second kappa shape index (κ2) is 8.59. The van der Waals surface area contributed by atoms with Gasteiger partial charge in [0.2, 0.25) is 10.0 Å². The number of nitrogens with zero attached hydrogens (tertiary/aromatic N) is 1. The minimum absolute atomic E-state index is 0.102. The molecule has 0 spiro atoms. The van der Waals surface area contributed by atoms with Crippen LogP contribution in [0.5, 0.6) is 5.75 Å². The van der Waals surface area contributed by atoms with Crippen molar-refractivity contribution in [3.63, 3.8) is 0 Å². The van der Waals surface area contributed by atoms with Crippen molar-refractivity contribution in [1.29, 1.82) is 0 Å². The van der Waals surface area contributed by atoms with Gasteiger partial charge < -0.3 is 10.1 Å². The van der Waals surface area contributed by atoms with E-state index >= 15 is 0 Å². The Balaban J connectivity index is 1.61. The largest absolute Gasteiger partial charge is 0.476 e. The first kappa shape index (κ1) is 20.8. The number of hydrogen-bond donors (Lipinski definition) is 1. The van der Waals surface area contributed by atoms with Crippen molar-refractivity contribution < 1.29 is 17.9 Å². The fourth-order valence-electron chi connectivity index (χ4n) is 2.94. The molecule has 0 unspecified atom stereocenters. The van der Waals surface area contributed by atoms with Crippen LogP contribution in [0, 0.1) is 0 Å². The van der Waals surface area contributed by atoms with E-state index in [1.54, 1.807) is 12.1 Å². The highest BCUT2D eigenvalue weighted by molar-refractivity contribution is 7.92. The Morgan fingerprint density at radius 2 is 1.86 bits per heavy atom. The van der Waals surface area contributed by atoms with Crippen molar-refractivity contribution in [1.82, 2.24) is 5.32 Å². The highest BCUT2D eigenvalue weighted by Gasteiger charge is 2.35. The Labute approximate surface area is 174 Å². The van der Waals surface area contributed by atoms with Gasteiger partial charge in [0.15, 0.2) is 6.10 Å².